The maximum atomic E-state index is 12.8. The number of benzene rings is 3. The van der Waals surface area contributed by atoms with Crippen LogP contribution in [0.3, 0.4) is 0 Å². The number of carbonyl (C=O) groups is 3. The van der Waals surface area contributed by atoms with Crippen LogP contribution in [0, 0.1) is 0 Å². The summed E-state index contributed by atoms with van der Waals surface area (Å²) in [5, 5.41) is 2.51. The lowest BCUT2D eigenvalue weighted by Crippen LogP contribution is -2.44. The van der Waals surface area contributed by atoms with E-state index in [1.165, 1.54) is 0 Å². The first-order valence-corrected chi connectivity index (χ1v) is 12.2. The Morgan fingerprint density at radius 2 is 1.38 bits per heavy atom. The number of amides is 1. The van der Waals surface area contributed by atoms with E-state index < -0.39 is 29.7 Å². The molecule has 7 nitrogen and oxygen atoms in total. The molecule has 0 heterocycles. The van der Waals surface area contributed by atoms with Gasteiger partial charge in [0, 0.05) is 5.92 Å². The first-order chi connectivity index (χ1) is 17.7. The summed E-state index contributed by atoms with van der Waals surface area (Å²) in [5.41, 5.74) is 4.42. The van der Waals surface area contributed by atoms with Crippen molar-refractivity contribution in [2.24, 2.45) is 0 Å². The van der Waals surface area contributed by atoms with Gasteiger partial charge in [-0.2, -0.15) is 0 Å². The number of carbonyl (C=O) groups excluding carboxylic acids is 3. The average Bonchev–Trinajstić information content (AvgIpc) is 3.19. The fraction of sp³-hybridized carbons (Fsp3) is 0.300. The van der Waals surface area contributed by atoms with Crippen molar-refractivity contribution < 1.29 is 28.6 Å². The third kappa shape index (κ3) is 6.76. The third-order valence-corrected chi connectivity index (χ3v) is 5.94. The molecule has 1 aliphatic rings. The van der Waals surface area contributed by atoms with Gasteiger partial charge in [0.05, 0.1) is 6.42 Å². The van der Waals surface area contributed by atoms with Gasteiger partial charge in [-0.05, 0) is 48.6 Å². The molecule has 0 saturated heterocycles. The molecule has 0 saturated carbocycles. The fourth-order valence-corrected chi connectivity index (χ4v) is 4.35. The highest BCUT2D eigenvalue weighted by Gasteiger charge is 2.31. The molecule has 1 amide bonds. The summed E-state index contributed by atoms with van der Waals surface area (Å²) in [6.45, 7) is 5.28. The molecule has 4 rings (SSSR count). The molecular formula is C30H31NO6. The normalized spacial score (nSPS) is 13.2. The second-order valence-electron chi connectivity index (χ2n) is 9.91. The molecule has 1 N–H and O–H groups in total. The molecule has 3 aromatic carbocycles. The fourth-order valence-electron chi connectivity index (χ4n) is 4.35. The number of hydrogen-bond acceptors (Lipinski definition) is 6. The smallest absolute Gasteiger partial charge is 0.407 e. The van der Waals surface area contributed by atoms with Crippen LogP contribution in [0.5, 0.6) is 0 Å². The molecule has 1 aliphatic carbocycles. The summed E-state index contributed by atoms with van der Waals surface area (Å²) >= 11 is 0. The Balaban J connectivity index is 1.42. The molecule has 37 heavy (non-hydrogen) atoms. The monoisotopic (exact) mass is 501 g/mol. The van der Waals surface area contributed by atoms with Gasteiger partial charge < -0.3 is 19.5 Å². The quantitative estimate of drug-likeness (QED) is 0.330. The van der Waals surface area contributed by atoms with Crippen molar-refractivity contribution in [2.45, 2.75) is 51.4 Å². The summed E-state index contributed by atoms with van der Waals surface area (Å²) in [7, 11) is 0. The van der Waals surface area contributed by atoms with Crippen molar-refractivity contribution in [1.29, 1.82) is 0 Å². The van der Waals surface area contributed by atoms with Gasteiger partial charge in [-0.15, -0.1) is 0 Å². The molecule has 0 bridgehead atoms. The SMILES string of the molecule is CC(C)(C)OC(=O)C[C@@H](NC(=O)OCC1c2ccccc2-c2ccccc21)C(=O)OCc1ccccc1. The molecule has 0 radical (unpaired) electrons. The van der Waals surface area contributed by atoms with Gasteiger partial charge in [-0.1, -0.05) is 78.9 Å². The first-order valence-electron chi connectivity index (χ1n) is 12.2. The Morgan fingerprint density at radius 3 is 1.97 bits per heavy atom. The van der Waals surface area contributed by atoms with E-state index in [4.69, 9.17) is 14.2 Å². The maximum Gasteiger partial charge on any atom is 0.407 e. The molecule has 7 heteroatoms. The van der Waals surface area contributed by atoms with Crippen LogP contribution in [-0.2, 0) is 30.4 Å². The predicted molar refractivity (Wildman–Crippen MR) is 139 cm³/mol. The average molecular weight is 502 g/mol. The van der Waals surface area contributed by atoms with Crippen molar-refractivity contribution in [1.82, 2.24) is 5.32 Å². The number of esters is 2. The lowest BCUT2D eigenvalue weighted by Gasteiger charge is -2.22. The highest BCUT2D eigenvalue weighted by molar-refractivity contribution is 5.86. The van der Waals surface area contributed by atoms with E-state index in [2.05, 4.69) is 5.32 Å². The van der Waals surface area contributed by atoms with E-state index >= 15 is 0 Å². The third-order valence-electron chi connectivity index (χ3n) is 5.94. The Kier molecular flexibility index (Phi) is 7.92. The summed E-state index contributed by atoms with van der Waals surface area (Å²) in [5.74, 6) is -1.51. The minimum atomic E-state index is -1.26. The molecule has 0 unspecified atom stereocenters. The zero-order valence-electron chi connectivity index (χ0n) is 21.2. The van der Waals surface area contributed by atoms with Gasteiger partial charge in [0.15, 0.2) is 0 Å². The molecule has 0 aromatic heterocycles. The number of nitrogens with one attached hydrogen (secondary N) is 1. The standard InChI is InChI=1S/C30H31NO6/c1-30(2,3)37-27(32)17-26(28(33)35-18-20-11-5-4-6-12-20)31-29(34)36-19-25-23-15-9-7-13-21(23)22-14-8-10-16-24(22)25/h4-16,25-26H,17-19H2,1-3H3,(H,31,34)/t26-/m1/s1. The van der Waals surface area contributed by atoms with Crippen molar-refractivity contribution >= 4 is 18.0 Å². The number of ether oxygens (including phenoxy) is 3. The van der Waals surface area contributed by atoms with Crippen LogP contribution in [0.1, 0.15) is 49.8 Å². The van der Waals surface area contributed by atoms with Crippen LogP contribution in [0.25, 0.3) is 11.1 Å². The second kappa shape index (κ2) is 11.3. The first kappa shape index (κ1) is 25.9. The highest BCUT2D eigenvalue weighted by atomic mass is 16.6. The van der Waals surface area contributed by atoms with E-state index in [1.54, 1.807) is 20.8 Å². The highest BCUT2D eigenvalue weighted by Crippen LogP contribution is 2.44. The molecule has 3 aromatic rings. The van der Waals surface area contributed by atoms with Crippen molar-refractivity contribution in [3.63, 3.8) is 0 Å². The van der Waals surface area contributed by atoms with E-state index in [-0.39, 0.29) is 25.6 Å². The summed E-state index contributed by atoms with van der Waals surface area (Å²) < 4.78 is 16.3. The van der Waals surface area contributed by atoms with Gasteiger partial charge in [0.2, 0.25) is 0 Å². The molecule has 1 atom stereocenters. The Hall–Kier alpha value is -4.13. The van der Waals surface area contributed by atoms with Crippen molar-refractivity contribution in [2.75, 3.05) is 6.61 Å². The molecular weight excluding hydrogens is 470 g/mol. The van der Waals surface area contributed by atoms with Crippen LogP contribution in [0.2, 0.25) is 0 Å². The molecule has 0 spiro atoms. The minimum absolute atomic E-state index is 0.0108. The zero-order chi connectivity index (χ0) is 26.4. The van der Waals surface area contributed by atoms with Crippen LogP contribution in [-0.4, -0.2) is 36.3 Å². The Labute approximate surface area is 216 Å². The van der Waals surface area contributed by atoms with Crippen LogP contribution < -0.4 is 5.32 Å². The summed E-state index contributed by atoms with van der Waals surface area (Å²) in [4.78, 5) is 38.1. The number of fused-ring (bicyclic) bond motifs is 3. The maximum absolute atomic E-state index is 12.8. The van der Waals surface area contributed by atoms with Gasteiger partial charge >= 0.3 is 18.0 Å². The van der Waals surface area contributed by atoms with Crippen molar-refractivity contribution in [3.8, 4) is 11.1 Å². The largest absolute Gasteiger partial charge is 0.460 e. The lowest BCUT2D eigenvalue weighted by molar-refractivity contribution is -0.160. The van der Waals surface area contributed by atoms with E-state index in [0.29, 0.717) is 0 Å². The summed E-state index contributed by atoms with van der Waals surface area (Å²) in [6.07, 6.45) is -1.19. The molecule has 0 fully saturated rings. The van der Waals surface area contributed by atoms with Crippen LogP contribution in [0.4, 0.5) is 4.79 Å². The van der Waals surface area contributed by atoms with Gasteiger partial charge in [0.1, 0.15) is 24.9 Å². The molecule has 0 aliphatic heterocycles. The van der Waals surface area contributed by atoms with E-state index in [1.807, 2.05) is 78.9 Å². The summed E-state index contributed by atoms with van der Waals surface area (Å²) in [6, 6.07) is 23.9. The molecule has 192 valence electrons. The van der Waals surface area contributed by atoms with Gasteiger partial charge in [0.25, 0.3) is 0 Å². The van der Waals surface area contributed by atoms with Crippen LogP contribution >= 0.6 is 0 Å². The zero-order valence-corrected chi connectivity index (χ0v) is 21.2. The number of rotatable bonds is 8. The van der Waals surface area contributed by atoms with Gasteiger partial charge in [-0.25, -0.2) is 9.59 Å². The van der Waals surface area contributed by atoms with Gasteiger partial charge in [-0.3, -0.25) is 4.79 Å². The Morgan fingerprint density at radius 1 is 0.811 bits per heavy atom. The minimum Gasteiger partial charge on any atom is -0.460 e. The second-order valence-corrected chi connectivity index (χ2v) is 9.91. The lowest BCUT2D eigenvalue weighted by atomic mass is 9.98. The predicted octanol–water partition coefficient (Wildman–Crippen LogP) is 5.37. The number of alkyl carbamates (subject to hydrolysis) is 1. The van der Waals surface area contributed by atoms with E-state index in [0.717, 1.165) is 27.8 Å². The van der Waals surface area contributed by atoms with Crippen LogP contribution in [0.15, 0.2) is 78.9 Å². The topological polar surface area (TPSA) is 90.9 Å². The number of hydrogen-bond donors (Lipinski definition) is 1. The van der Waals surface area contributed by atoms with Crippen molar-refractivity contribution in [3.05, 3.63) is 95.6 Å². The van der Waals surface area contributed by atoms with E-state index in [9.17, 15) is 14.4 Å². The Bertz CT molecular complexity index is 1220.